The second-order valence-electron chi connectivity index (χ2n) is 8.87. The molecule has 1 saturated heterocycles. The number of hydrogen-bond acceptors (Lipinski definition) is 6. The molecular formula is C27H26ClN7O2. The first-order chi connectivity index (χ1) is 17.9. The summed E-state index contributed by atoms with van der Waals surface area (Å²) in [5.74, 6) is 6.23. The standard InChI is InChI=1S/C27H26ClN7O2/c28-20-10-8-16(9-11-20)19-12-14-32-22(15-19)33-27(37)18-6-4-17(5-7-18)23-24(25(29)36)35(30)26(34-23)21-3-1-2-13-31-21/h4-12,14-15,21,31H,1-3,13,30H2,(H2,29,36)(H,32,33,37). The summed E-state index contributed by atoms with van der Waals surface area (Å²) in [6.07, 6.45) is 4.64. The van der Waals surface area contributed by atoms with Gasteiger partial charge in [-0.15, -0.1) is 0 Å². The highest BCUT2D eigenvalue weighted by Crippen LogP contribution is 2.29. The molecule has 3 heterocycles. The predicted octanol–water partition coefficient (Wildman–Crippen LogP) is 4.15. The van der Waals surface area contributed by atoms with Crippen LogP contribution in [0.4, 0.5) is 5.82 Å². The molecule has 1 unspecified atom stereocenters. The minimum Gasteiger partial charge on any atom is -0.364 e. The summed E-state index contributed by atoms with van der Waals surface area (Å²) in [5.41, 5.74) is 9.07. The van der Waals surface area contributed by atoms with Crippen molar-refractivity contribution < 1.29 is 9.59 Å². The third-order valence-corrected chi connectivity index (χ3v) is 6.65. The monoisotopic (exact) mass is 515 g/mol. The Bertz CT molecular complexity index is 1440. The van der Waals surface area contributed by atoms with E-state index in [0.29, 0.717) is 33.5 Å². The number of primary amides is 1. The number of imidazole rings is 1. The van der Waals surface area contributed by atoms with E-state index in [9.17, 15) is 9.59 Å². The van der Waals surface area contributed by atoms with Crippen molar-refractivity contribution in [1.29, 1.82) is 0 Å². The second-order valence-corrected chi connectivity index (χ2v) is 9.31. The molecule has 188 valence electrons. The van der Waals surface area contributed by atoms with Crippen LogP contribution in [0.15, 0.2) is 66.9 Å². The van der Waals surface area contributed by atoms with Gasteiger partial charge >= 0.3 is 0 Å². The van der Waals surface area contributed by atoms with Crippen LogP contribution in [0.25, 0.3) is 22.4 Å². The van der Waals surface area contributed by atoms with Crippen LogP contribution in [-0.2, 0) is 0 Å². The Balaban J connectivity index is 1.36. The van der Waals surface area contributed by atoms with Crippen molar-refractivity contribution >= 4 is 29.2 Å². The molecule has 9 nitrogen and oxygen atoms in total. The summed E-state index contributed by atoms with van der Waals surface area (Å²) in [7, 11) is 0. The van der Waals surface area contributed by atoms with Crippen molar-refractivity contribution in [3.8, 4) is 22.4 Å². The number of nitrogens with one attached hydrogen (secondary N) is 2. The number of nitrogen functional groups attached to an aromatic ring is 1. The number of rotatable bonds is 6. The first-order valence-corrected chi connectivity index (χ1v) is 12.3. The van der Waals surface area contributed by atoms with Gasteiger partial charge < -0.3 is 22.2 Å². The fourth-order valence-electron chi connectivity index (χ4n) is 4.49. The van der Waals surface area contributed by atoms with E-state index in [4.69, 9.17) is 23.2 Å². The van der Waals surface area contributed by atoms with Crippen molar-refractivity contribution in [3.05, 3.63) is 89.0 Å². The lowest BCUT2D eigenvalue weighted by atomic mass is 10.0. The van der Waals surface area contributed by atoms with Gasteiger partial charge in [0.25, 0.3) is 11.8 Å². The fourth-order valence-corrected chi connectivity index (χ4v) is 4.62. The van der Waals surface area contributed by atoms with Gasteiger partial charge in [0, 0.05) is 22.3 Å². The van der Waals surface area contributed by atoms with Crippen LogP contribution in [-0.4, -0.2) is 33.0 Å². The lowest BCUT2D eigenvalue weighted by Gasteiger charge is -2.22. The first-order valence-electron chi connectivity index (χ1n) is 12.0. The molecule has 0 saturated carbocycles. The Hall–Kier alpha value is -4.21. The topological polar surface area (TPSA) is 141 Å². The maximum Gasteiger partial charge on any atom is 0.269 e. The van der Waals surface area contributed by atoms with Crippen LogP contribution in [0.5, 0.6) is 0 Å². The third-order valence-electron chi connectivity index (χ3n) is 6.39. The van der Waals surface area contributed by atoms with Crippen molar-refractivity contribution in [1.82, 2.24) is 20.0 Å². The summed E-state index contributed by atoms with van der Waals surface area (Å²) >= 11 is 5.98. The van der Waals surface area contributed by atoms with Crippen LogP contribution in [0, 0.1) is 0 Å². The molecule has 2 amide bonds. The SMILES string of the molecule is NC(=O)c1c(-c2ccc(C(=O)Nc3cc(-c4ccc(Cl)cc4)ccn3)cc2)nc(C2CCCCN2)n1N. The number of nitrogens with two attached hydrogens (primary N) is 2. The number of carbonyl (C=O) groups excluding carboxylic acids is 2. The number of amides is 2. The van der Waals surface area contributed by atoms with Crippen LogP contribution < -0.4 is 22.2 Å². The predicted molar refractivity (Wildman–Crippen MR) is 144 cm³/mol. The molecule has 4 aromatic rings. The summed E-state index contributed by atoms with van der Waals surface area (Å²) < 4.78 is 1.28. The van der Waals surface area contributed by atoms with E-state index in [1.807, 2.05) is 30.3 Å². The molecule has 2 aromatic carbocycles. The van der Waals surface area contributed by atoms with E-state index < -0.39 is 5.91 Å². The lowest BCUT2D eigenvalue weighted by Crippen LogP contribution is -2.32. The number of pyridine rings is 1. The Morgan fingerprint density at radius 1 is 1.00 bits per heavy atom. The van der Waals surface area contributed by atoms with Crippen molar-refractivity contribution in [2.45, 2.75) is 25.3 Å². The lowest BCUT2D eigenvalue weighted by molar-refractivity contribution is 0.0991. The van der Waals surface area contributed by atoms with Gasteiger partial charge in [-0.25, -0.2) is 14.6 Å². The average molecular weight is 516 g/mol. The summed E-state index contributed by atoms with van der Waals surface area (Å²) in [6, 6.07) is 17.8. The van der Waals surface area contributed by atoms with Crippen molar-refractivity contribution in [2.24, 2.45) is 5.73 Å². The molecule has 2 aromatic heterocycles. The van der Waals surface area contributed by atoms with Crippen LogP contribution in [0.1, 0.15) is 52.0 Å². The Kier molecular flexibility index (Phi) is 6.89. The normalized spacial score (nSPS) is 15.3. The highest BCUT2D eigenvalue weighted by atomic mass is 35.5. The molecule has 1 aliphatic heterocycles. The number of anilines is 1. The number of nitrogens with zero attached hydrogens (tertiary/aromatic N) is 3. The minimum atomic E-state index is -0.666. The maximum atomic E-state index is 12.9. The molecule has 5 rings (SSSR count). The van der Waals surface area contributed by atoms with E-state index in [1.54, 1.807) is 36.5 Å². The number of carbonyl (C=O) groups is 2. The van der Waals surface area contributed by atoms with Gasteiger partial charge in [-0.3, -0.25) is 9.59 Å². The average Bonchev–Trinajstić information content (AvgIpc) is 3.27. The molecule has 10 heteroatoms. The van der Waals surface area contributed by atoms with Gasteiger partial charge in [-0.1, -0.05) is 42.3 Å². The summed E-state index contributed by atoms with van der Waals surface area (Å²) in [5, 5.41) is 6.87. The van der Waals surface area contributed by atoms with E-state index in [2.05, 4.69) is 20.6 Å². The van der Waals surface area contributed by atoms with Gasteiger partial charge in [-0.2, -0.15) is 0 Å². The molecular weight excluding hydrogens is 490 g/mol. The van der Waals surface area contributed by atoms with E-state index in [0.717, 1.165) is 36.9 Å². The van der Waals surface area contributed by atoms with Gasteiger partial charge in [0.1, 0.15) is 17.3 Å². The van der Waals surface area contributed by atoms with Crippen LogP contribution in [0.2, 0.25) is 5.02 Å². The molecule has 1 atom stereocenters. The largest absolute Gasteiger partial charge is 0.364 e. The number of benzene rings is 2. The molecule has 37 heavy (non-hydrogen) atoms. The van der Waals surface area contributed by atoms with Crippen LogP contribution in [0.3, 0.4) is 0 Å². The molecule has 0 bridgehead atoms. The van der Waals surface area contributed by atoms with Crippen LogP contribution >= 0.6 is 11.6 Å². The Labute approximate surface area is 218 Å². The van der Waals surface area contributed by atoms with Crippen molar-refractivity contribution in [3.63, 3.8) is 0 Å². The van der Waals surface area contributed by atoms with Gasteiger partial charge in [0.15, 0.2) is 5.69 Å². The highest BCUT2D eigenvalue weighted by Gasteiger charge is 2.27. The molecule has 0 spiro atoms. The zero-order chi connectivity index (χ0) is 25.9. The van der Waals surface area contributed by atoms with Gasteiger partial charge in [-0.05, 0) is 66.9 Å². The Morgan fingerprint density at radius 3 is 2.41 bits per heavy atom. The second kappa shape index (κ2) is 10.4. The summed E-state index contributed by atoms with van der Waals surface area (Å²) in [6.45, 7) is 0.861. The first kappa shape index (κ1) is 24.5. The molecule has 1 aliphatic rings. The molecule has 0 aliphatic carbocycles. The van der Waals surface area contributed by atoms with Gasteiger partial charge in [0.2, 0.25) is 0 Å². The fraction of sp³-hybridized carbons (Fsp3) is 0.185. The van der Waals surface area contributed by atoms with E-state index in [-0.39, 0.29) is 17.6 Å². The molecule has 6 N–H and O–H groups in total. The van der Waals surface area contributed by atoms with Gasteiger partial charge in [0.05, 0.1) is 6.04 Å². The summed E-state index contributed by atoms with van der Waals surface area (Å²) in [4.78, 5) is 34.0. The number of hydrogen-bond donors (Lipinski definition) is 4. The van der Waals surface area contributed by atoms with E-state index in [1.165, 1.54) is 4.68 Å². The highest BCUT2D eigenvalue weighted by molar-refractivity contribution is 6.30. The zero-order valence-corrected chi connectivity index (χ0v) is 20.7. The third kappa shape index (κ3) is 5.18. The number of halogens is 1. The number of piperidine rings is 1. The minimum absolute atomic E-state index is 0.0493. The molecule has 1 fully saturated rings. The zero-order valence-electron chi connectivity index (χ0n) is 19.9. The van der Waals surface area contributed by atoms with E-state index >= 15 is 0 Å². The van der Waals surface area contributed by atoms with Crippen molar-refractivity contribution in [2.75, 3.05) is 17.7 Å². The smallest absolute Gasteiger partial charge is 0.269 e. The maximum absolute atomic E-state index is 12.9. The molecule has 0 radical (unpaired) electrons. The quantitative estimate of drug-likeness (QED) is 0.284. The number of aromatic nitrogens is 3. The Morgan fingerprint density at radius 2 is 1.73 bits per heavy atom.